The molecule has 0 unspecified atom stereocenters. The van der Waals surface area contributed by atoms with Gasteiger partial charge in [0, 0.05) is 24.6 Å². The van der Waals surface area contributed by atoms with Crippen LogP contribution in [0, 0.1) is 0 Å². The summed E-state index contributed by atoms with van der Waals surface area (Å²) < 4.78 is 7.56. The Morgan fingerprint density at radius 2 is 1.62 bits per heavy atom. The lowest BCUT2D eigenvalue weighted by atomic mass is 10.2. The van der Waals surface area contributed by atoms with Crippen LogP contribution >= 0.6 is 0 Å². The summed E-state index contributed by atoms with van der Waals surface area (Å²) in [5.74, 6) is 2.02. The molecule has 1 fully saturated rings. The lowest BCUT2D eigenvalue weighted by Crippen LogP contribution is -2.25. The SMILES string of the molecule is O=C(CCc1nc2ccccc2c(=O)n1C1CC1)Nc1ccc(Oc2ccccc2)cc1. The van der Waals surface area contributed by atoms with Gasteiger partial charge in [-0.25, -0.2) is 4.98 Å². The molecule has 3 aromatic carbocycles. The van der Waals surface area contributed by atoms with E-state index in [9.17, 15) is 9.59 Å². The smallest absolute Gasteiger partial charge is 0.261 e. The summed E-state index contributed by atoms with van der Waals surface area (Å²) in [5, 5.41) is 3.54. The van der Waals surface area contributed by atoms with Crippen LogP contribution in [0.1, 0.15) is 31.1 Å². The third kappa shape index (κ3) is 4.39. The number of nitrogens with zero attached hydrogens (tertiary/aromatic N) is 2. The number of hydrogen-bond donors (Lipinski definition) is 1. The molecule has 1 aliphatic rings. The Bertz CT molecular complexity index is 1310. The minimum absolute atomic E-state index is 0.0116. The number of ether oxygens (including phenoxy) is 1. The van der Waals surface area contributed by atoms with Crippen LogP contribution in [-0.4, -0.2) is 15.5 Å². The Labute approximate surface area is 185 Å². The predicted molar refractivity (Wildman–Crippen MR) is 124 cm³/mol. The Balaban J connectivity index is 1.25. The molecule has 1 saturated carbocycles. The molecule has 0 spiro atoms. The highest BCUT2D eigenvalue weighted by atomic mass is 16.5. The molecule has 5 rings (SSSR count). The maximum atomic E-state index is 12.9. The lowest BCUT2D eigenvalue weighted by Gasteiger charge is -2.13. The maximum Gasteiger partial charge on any atom is 0.261 e. The molecule has 160 valence electrons. The Kier molecular flexibility index (Phi) is 5.42. The van der Waals surface area contributed by atoms with Gasteiger partial charge in [0.15, 0.2) is 0 Å². The van der Waals surface area contributed by atoms with Crippen LogP contribution < -0.4 is 15.6 Å². The van der Waals surface area contributed by atoms with E-state index in [0.717, 1.165) is 18.6 Å². The quantitative estimate of drug-likeness (QED) is 0.447. The summed E-state index contributed by atoms with van der Waals surface area (Å²) in [6.07, 6.45) is 2.63. The molecule has 0 radical (unpaired) electrons. The molecule has 0 saturated heterocycles. The van der Waals surface area contributed by atoms with Crippen molar-refractivity contribution < 1.29 is 9.53 Å². The van der Waals surface area contributed by atoms with Crippen molar-refractivity contribution in [3.05, 3.63) is 95.0 Å². The van der Waals surface area contributed by atoms with Gasteiger partial charge in [-0.2, -0.15) is 0 Å². The Morgan fingerprint density at radius 3 is 2.38 bits per heavy atom. The van der Waals surface area contributed by atoms with Gasteiger partial charge in [-0.3, -0.25) is 14.2 Å². The number of hydrogen-bond acceptors (Lipinski definition) is 4. The van der Waals surface area contributed by atoms with Gasteiger partial charge in [-0.15, -0.1) is 0 Å². The second-order valence-electron chi connectivity index (χ2n) is 7.94. The predicted octanol–water partition coefficient (Wildman–Crippen LogP) is 5.10. The van der Waals surface area contributed by atoms with Gasteiger partial charge in [0.05, 0.1) is 10.9 Å². The number of carbonyl (C=O) groups is 1. The zero-order valence-electron chi connectivity index (χ0n) is 17.5. The van der Waals surface area contributed by atoms with Crippen molar-refractivity contribution in [2.24, 2.45) is 0 Å². The first-order chi connectivity index (χ1) is 15.7. The first kappa shape index (κ1) is 20.0. The van der Waals surface area contributed by atoms with Crippen LogP contribution in [0.15, 0.2) is 83.7 Å². The average Bonchev–Trinajstić information content (AvgIpc) is 3.65. The first-order valence-electron chi connectivity index (χ1n) is 10.8. The molecule has 0 bridgehead atoms. The van der Waals surface area contributed by atoms with E-state index in [0.29, 0.717) is 34.6 Å². The molecule has 6 nitrogen and oxygen atoms in total. The van der Waals surface area contributed by atoms with E-state index in [2.05, 4.69) is 5.32 Å². The number of amides is 1. The maximum absolute atomic E-state index is 12.9. The largest absolute Gasteiger partial charge is 0.457 e. The van der Waals surface area contributed by atoms with Crippen LogP contribution in [0.25, 0.3) is 10.9 Å². The molecule has 0 atom stereocenters. The fraction of sp³-hybridized carbons (Fsp3) is 0.192. The van der Waals surface area contributed by atoms with Crippen molar-refractivity contribution in [2.45, 2.75) is 31.7 Å². The van der Waals surface area contributed by atoms with Crippen LogP contribution in [0.4, 0.5) is 5.69 Å². The van der Waals surface area contributed by atoms with Crippen LogP contribution in [-0.2, 0) is 11.2 Å². The molecule has 1 aliphatic carbocycles. The molecule has 1 heterocycles. The van der Waals surface area contributed by atoms with E-state index < -0.39 is 0 Å². The minimum Gasteiger partial charge on any atom is -0.457 e. The zero-order valence-corrected chi connectivity index (χ0v) is 17.5. The second-order valence-corrected chi connectivity index (χ2v) is 7.94. The van der Waals surface area contributed by atoms with Gasteiger partial charge in [0.2, 0.25) is 5.91 Å². The first-order valence-corrected chi connectivity index (χ1v) is 10.8. The molecular weight excluding hydrogens is 402 g/mol. The molecular formula is C26H23N3O3. The fourth-order valence-electron chi connectivity index (χ4n) is 3.76. The van der Waals surface area contributed by atoms with Gasteiger partial charge < -0.3 is 10.1 Å². The number of benzene rings is 3. The van der Waals surface area contributed by atoms with Crippen molar-refractivity contribution in [1.82, 2.24) is 9.55 Å². The van der Waals surface area contributed by atoms with E-state index in [1.807, 2.05) is 78.9 Å². The number of aryl methyl sites for hydroxylation is 1. The molecule has 1 N–H and O–H groups in total. The van der Waals surface area contributed by atoms with Gasteiger partial charge >= 0.3 is 0 Å². The standard InChI is InChI=1S/C26H23N3O3/c30-25(27-18-10-14-21(15-11-18)32-20-6-2-1-3-7-20)17-16-24-28-23-9-5-4-8-22(23)26(31)29(24)19-12-13-19/h1-11,14-15,19H,12-13,16-17H2,(H,27,30). The number of aromatic nitrogens is 2. The van der Waals surface area contributed by atoms with Crippen LogP contribution in [0.5, 0.6) is 11.5 Å². The fourth-order valence-corrected chi connectivity index (χ4v) is 3.76. The summed E-state index contributed by atoms with van der Waals surface area (Å²) in [7, 11) is 0. The lowest BCUT2D eigenvalue weighted by molar-refractivity contribution is -0.116. The van der Waals surface area contributed by atoms with Gasteiger partial charge in [0.1, 0.15) is 17.3 Å². The van der Waals surface area contributed by atoms with Crippen molar-refractivity contribution in [2.75, 3.05) is 5.32 Å². The third-order valence-corrected chi connectivity index (χ3v) is 5.49. The summed E-state index contributed by atoms with van der Waals surface area (Å²) in [6, 6.07) is 24.4. The van der Waals surface area contributed by atoms with Gasteiger partial charge in [-0.05, 0) is 61.4 Å². The topological polar surface area (TPSA) is 73.2 Å². The van der Waals surface area contributed by atoms with E-state index in [1.54, 1.807) is 4.57 Å². The van der Waals surface area contributed by atoms with Crippen molar-refractivity contribution in [1.29, 1.82) is 0 Å². The van der Waals surface area contributed by atoms with Gasteiger partial charge in [-0.1, -0.05) is 30.3 Å². The summed E-state index contributed by atoms with van der Waals surface area (Å²) in [5.41, 5.74) is 1.36. The number of rotatable bonds is 7. The van der Waals surface area contributed by atoms with E-state index >= 15 is 0 Å². The normalized spacial score (nSPS) is 13.1. The Hall–Kier alpha value is -3.93. The molecule has 4 aromatic rings. The summed E-state index contributed by atoms with van der Waals surface area (Å²) >= 11 is 0. The zero-order chi connectivity index (χ0) is 21.9. The van der Waals surface area contributed by atoms with Crippen molar-refractivity contribution in [3.8, 4) is 11.5 Å². The molecule has 32 heavy (non-hydrogen) atoms. The third-order valence-electron chi connectivity index (χ3n) is 5.49. The number of carbonyl (C=O) groups excluding carboxylic acids is 1. The molecule has 6 heteroatoms. The average molecular weight is 425 g/mol. The summed E-state index contributed by atoms with van der Waals surface area (Å²) in [6.45, 7) is 0. The van der Waals surface area contributed by atoms with E-state index in [4.69, 9.17) is 9.72 Å². The molecule has 1 aromatic heterocycles. The van der Waals surface area contributed by atoms with Gasteiger partial charge in [0.25, 0.3) is 5.56 Å². The molecule has 1 amide bonds. The van der Waals surface area contributed by atoms with E-state index in [1.165, 1.54) is 0 Å². The van der Waals surface area contributed by atoms with Crippen LogP contribution in [0.3, 0.4) is 0 Å². The summed E-state index contributed by atoms with van der Waals surface area (Å²) in [4.78, 5) is 30.2. The highest BCUT2D eigenvalue weighted by Crippen LogP contribution is 2.35. The van der Waals surface area contributed by atoms with E-state index in [-0.39, 0.29) is 23.9 Å². The monoisotopic (exact) mass is 425 g/mol. The molecule has 0 aliphatic heterocycles. The highest BCUT2D eigenvalue weighted by Gasteiger charge is 2.28. The number of fused-ring (bicyclic) bond motifs is 1. The number of nitrogens with one attached hydrogen (secondary N) is 1. The number of anilines is 1. The van der Waals surface area contributed by atoms with Crippen molar-refractivity contribution in [3.63, 3.8) is 0 Å². The number of para-hydroxylation sites is 2. The second kappa shape index (κ2) is 8.67. The Morgan fingerprint density at radius 1 is 0.938 bits per heavy atom. The van der Waals surface area contributed by atoms with Crippen molar-refractivity contribution >= 4 is 22.5 Å². The minimum atomic E-state index is -0.119. The van der Waals surface area contributed by atoms with Crippen LogP contribution in [0.2, 0.25) is 0 Å². The highest BCUT2D eigenvalue weighted by molar-refractivity contribution is 5.90.